The van der Waals surface area contributed by atoms with Gasteiger partial charge in [0.1, 0.15) is 0 Å². The van der Waals surface area contributed by atoms with Crippen molar-refractivity contribution in [1.29, 1.82) is 0 Å². The summed E-state index contributed by atoms with van der Waals surface area (Å²) in [6.07, 6.45) is 0.336. The van der Waals surface area contributed by atoms with E-state index in [1.54, 1.807) is 25.2 Å². The Bertz CT molecular complexity index is 396. The lowest BCUT2D eigenvalue weighted by atomic mass is 10.2. The standard InChI is InChI=1S/C8H9ClN2O.C2H5NO2/c1-10-8-6(5-11-12)3-2-4-7(8)9;1-3-2(4)5/h2-5,10,12H,1H3;3H,1H3,(H,4,5). The molecule has 0 saturated carbocycles. The summed E-state index contributed by atoms with van der Waals surface area (Å²) in [6, 6.07) is 5.36. The molecule has 0 heterocycles. The van der Waals surface area contributed by atoms with Crippen molar-refractivity contribution in [3.63, 3.8) is 0 Å². The minimum atomic E-state index is -0.995. The Balaban J connectivity index is 0.000000437. The Kier molecular flexibility index (Phi) is 7.29. The van der Waals surface area contributed by atoms with Gasteiger partial charge < -0.3 is 20.9 Å². The molecule has 0 bridgehead atoms. The van der Waals surface area contributed by atoms with E-state index in [2.05, 4.69) is 10.5 Å². The van der Waals surface area contributed by atoms with Crippen molar-refractivity contribution in [1.82, 2.24) is 5.32 Å². The average molecular weight is 260 g/mol. The fourth-order valence-corrected chi connectivity index (χ4v) is 1.25. The number of para-hydroxylation sites is 1. The highest BCUT2D eigenvalue weighted by atomic mass is 35.5. The molecule has 17 heavy (non-hydrogen) atoms. The summed E-state index contributed by atoms with van der Waals surface area (Å²) < 4.78 is 0. The molecule has 1 rings (SSSR count). The molecule has 1 aromatic rings. The third-order valence-corrected chi connectivity index (χ3v) is 2.02. The van der Waals surface area contributed by atoms with Gasteiger partial charge in [-0.25, -0.2) is 4.79 Å². The maximum absolute atomic E-state index is 9.26. The van der Waals surface area contributed by atoms with Crippen molar-refractivity contribution in [3.05, 3.63) is 28.8 Å². The number of anilines is 1. The highest BCUT2D eigenvalue weighted by Gasteiger charge is 2.01. The van der Waals surface area contributed by atoms with Crippen LogP contribution in [0, 0.1) is 0 Å². The molecule has 0 aliphatic carbocycles. The van der Waals surface area contributed by atoms with Crippen LogP contribution >= 0.6 is 11.6 Å². The maximum atomic E-state index is 9.26. The van der Waals surface area contributed by atoms with Crippen LogP contribution in [0.1, 0.15) is 5.56 Å². The van der Waals surface area contributed by atoms with Crippen LogP contribution < -0.4 is 10.6 Å². The van der Waals surface area contributed by atoms with Gasteiger partial charge in [0.15, 0.2) is 0 Å². The zero-order valence-corrected chi connectivity index (χ0v) is 10.2. The monoisotopic (exact) mass is 259 g/mol. The second-order valence-electron chi connectivity index (χ2n) is 2.75. The largest absolute Gasteiger partial charge is 0.465 e. The van der Waals surface area contributed by atoms with Crippen molar-refractivity contribution < 1.29 is 15.1 Å². The van der Waals surface area contributed by atoms with Crippen LogP contribution in [0.25, 0.3) is 0 Å². The second-order valence-corrected chi connectivity index (χ2v) is 3.16. The SMILES string of the molecule is CNC(=O)O.CNc1c(Cl)cccc1C=NO. The first-order valence-corrected chi connectivity index (χ1v) is 4.99. The number of hydrogen-bond acceptors (Lipinski definition) is 4. The predicted octanol–water partition coefficient (Wildman–Crippen LogP) is 2.07. The third-order valence-electron chi connectivity index (χ3n) is 1.71. The van der Waals surface area contributed by atoms with E-state index in [0.717, 1.165) is 11.3 Å². The number of nitrogens with one attached hydrogen (secondary N) is 2. The molecule has 0 unspecified atom stereocenters. The number of nitrogens with zero attached hydrogens (tertiary/aromatic N) is 1. The lowest BCUT2D eigenvalue weighted by Gasteiger charge is -2.05. The van der Waals surface area contributed by atoms with E-state index in [-0.39, 0.29) is 0 Å². The minimum Gasteiger partial charge on any atom is -0.465 e. The minimum absolute atomic E-state index is 0.606. The van der Waals surface area contributed by atoms with Gasteiger partial charge in [-0.15, -0.1) is 0 Å². The molecule has 0 atom stereocenters. The molecule has 0 aliphatic rings. The van der Waals surface area contributed by atoms with Crippen molar-refractivity contribution >= 4 is 29.6 Å². The number of hydrogen-bond donors (Lipinski definition) is 4. The molecule has 0 spiro atoms. The molecule has 0 saturated heterocycles. The molecule has 4 N–H and O–H groups in total. The van der Waals surface area contributed by atoms with Crippen LogP contribution in [0.4, 0.5) is 10.5 Å². The van der Waals surface area contributed by atoms with Crippen LogP contribution in [0.3, 0.4) is 0 Å². The third kappa shape index (κ3) is 5.62. The smallest absolute Gasteiger partial charge is 0.404 e. The highest BCUT2D eigenvalue weighted by molar-refractivity contribution is 6.33. The van der Waals surface area contributed by atoms with Crippen LogP contribution in [-0.2, 0) is 0 Å². The van der Waals surface area contributed by atoms with Gasteiger partial charge >= 0.3 is 6.09 Å². The Morgan fingerprint density at radius 1 is 1.47 bits per heavy atom. The summed E-state index contributed by atoms with van der Waals surface area (Å²) in [6.45, 7) is 0. The van der Waals surface area contributed by atoms with Gasteiger partial charge in [0.2, 0.25) is 0 Å². The van der Waals surface area contributed by atoms with Gasteiger partial charge in [-0.05, 0) is 6.07 Å². The molecule has 0 radical (unpaired) electrons. The number of halogens is 1. The Labute approximate surface area is 104 Å². The molecule has 94 valence electrons. The molecule has 0 fully saturated rings. The number of oxime groups is 1. The van der Waals surface area contributed by atoms with Gasteiger partial charge in [-0.1, -0.05) is 28.9 Å². The lowest BCUT2D eigenvalue weighted by molar-refractivity contribution is 0.197. The number of benzene rings is 1. The molecule has 0 aromatic heterocycles. The summed E-state index contributed by atoms with van der Waals surface area (Å²) in [5, 5.41) is 24.3. The van der Waals surface area contributed by atoms with E-state index in [1.807, 2.05) is 5.32 Å². The van der Waals surface area contributed by atoms with Crippen molar-refractivity contribution in [3.8, 4) is 0 Å². The average Bonchev–Trinajstić information content (AvgIpc) is 2.30. The van der Waals surface area contributed by atoms with Gasteiger partial charge in [0, 0.05) is 19.7 Å². The molecule has 1 amide bonds. The first kappa shape index (κ1) is 15.0. The van der Waals surface area contributed by atoms with Crippen LogP contribution in [0.2, 0.25) is 5.02 Å². The van der Waals surface area contributed by atoms with Crippen LogP contribution in [-0.4, -0.2) is 36.7 Å². The van der Waals surface area contributed by atoms with Gasteiger partial charge in [0.05, 0.1) is 16.9 Å². The quantitative estimate of drug-likeness (QED) is 0.372. The van der Waals surface area contributed by atoms with Crippen molar-refractivity contribution in [2.45, 2.75) is 0 Å². The fraction of sp³-hybridized carbons (Fsp3) is 0.200. The van der Waals surface area contributed by atoms with E-state index in [1.165, 1.54) is 13.3 Å². The zero-order valence-electron chi connectivity index (χ0n) is 9.44. The van der Waals surface area contributed by atoms with E-state index < -0.39 is 6.09 Å². The number of carbonyl (C=O) groups is 1. The first-order valence-electron chi connectivity index (χ1n) is 4.61. The Morgan fingerprint density at radius 3 is 2.47 bits per heavy atom. The van der Waals surface area contributed by atoms with Gasteiger partial charge in [-0.2, -0.15) is 0 Å². The second kappa shape index (κ2) is 8.23. The lowest BCUT2D eigenvalue weighted by Crippen LogP contribution is -2.13. The van der Waals surface area contributed by atoms with E-state index in [9.17, 15) is 4.79 Å². The predicted molar refractivity (Wildman–Crippen MR) is 67.5 cm³/mol. The molecule has 0 aliphatic heterocycles. The molecule has 7 heteroatoms. The Hall–Kier alpha value is -1.95. The molecule has 1 aromatic carbocycles. The Morgan fingerprint density at radius 2 is 2.06 bits per heavy atom. The summed E-state index contributed by atoms with van der Waals surface area (Å²) >= 11 is 5.86. The summed E-state index contributed by atoms with van der Waals surface area (Å²) in [5.74, 6) is 0. The molecular weight excluding hydrogens is 246 g/mol. The highest BCUT2D eigenvalue weighted by Crippen LogP contribution is 2.23. The van der Waals surface area contributed by atoms with Gasteiger partial charge in [0.25, 0.3) is 0 Å². The van der Waals surface area contributed by atoms with Crippen molar-refractivity contribution in [2.75, 3.05) is 19.4 Å². The van der Waals surface area contributed by atoms with Gasteiger partial charge in [-0.3, -0.25) is 0 Å². The summed E-state index contributed by atoms with van der Waals surface area (Å²) in [4.78, 5) is 9.26. The topological polar surface area (TPSA) is 94.0 Å². The molecule has 6 nitrogen and oxygen atoms in total. The van der Waals surface area contributed by atoms with Crippen molar-refractivity contribution in [2.24, 2.45) is 5.16 Å². The summed E-state index contributed by atoms with van der Waals surface area (Å²) in [5.41, 5.74) is 1.52. The number of amides is 1. The molecular formula is C10H14ClN3O3. The first-order chi connectivity index (χ1) is 8.06. The normalized spacial score (nSPS) is 9.35. The van der Waals surface area contributed by atoms with Crippen LogP contribution in [0.5, 0.6) is 0 Å². The van der Waals surface area contributed by atoms with E-state index >= 15 is 0 Å². The van der Waals surface area contributed by atoms with E-state index in [4.69, 9.17) is 21.9 Å². The number of rotatable bonds is 2. The van der Waals surface area contributed by atoms with Crippen LogP contribution in [0.15, 0.2) is 23.4 Å². The maximum Gasteiger partial charge on any atom is 0.404 e. The number of carboxylic acid groups (broad SMARTS) is 1. The summed E-state index contributed by atoms with van der Waals surface area (Å²) in [7, 11) is 3.11. The fourth-order valence-electron chi connectivity index (χ4n) is 0.974. The zero-order chi connectivity index (χ0) is 13.3. The van der Waals surface area contributed by atoms with E-state index in [0.29, 0.717) is 5.02 Å².